The van der Waals surface area contributed by atoms with E-state index in [2.05, 4.69) is 15.5 Å². The SMILES string of the molecule is CCC1NC(=O)N(CCN2CCNCC2)C1=O. The average molecular weight is 240 g/mol. The first-order valence-electron chi connectivity index (χ1n) is 6.27. The Kier molecular flexibility index (Phi) is 3.96. The van der Waals surface area contributed by atoms with Crippen molar-refractivity contribution in [3.05, 3.63) is 0 Å². The molecule has 17 heavy (non-hydrogen) atoms. The molecule has 0 aliphatic carbocycles. The molecule has 6 heteroatoms. The molecule has 2 rings (SSSR count). The standard InChI is InChI=1S/C11H20N4O2/c1-2-9-10(16)15(11(17)13-9)8-7-14-5-3-12-4-6-14/h9,12H,2-8H2,1H3,(H,13,17). The van der Waals surface area contributed by atoms with E-state index in [0.717, 1.165) is 32.7 Å². The lowest BCUT2D eigenvalue weighted by atomic mass is 10.2. The number of nitrogens with zero attached hydrogens (tertiary/aromatic N) is 2. The van der Waals surface area contributed by atoms with Crippen LogP contribution in [0.5, 0.6) is 0 Å². The molecular weight excluding hydrogens is 220 g/mol. The largest absolute Gasteiger partial charge is 0.326 e. The van der Waals surface area contributed by atoms with E-state index in [0.29, 0.717) is 13.0 Å². The maximum absolute atomic E-state index is 11.8. The van der Waals surface area contributed by atoms with E-state index in [1.807, 2.05) is 6.92 Å². The zero-order valence-corrected chi connectivity index (χ0v) is 10.2. The van der Waals surface area contributed by atoms with Gasteiger partial charge in [0.25, 0.3) is 5.91 Å². The summed E-state index contributed by atoms with van der Waals surface area (Å²) in [6, 6.07) is -0.553. The molecule has 2 N–H and O–H groups in total. The van der Waals surface area contributed by atoms with Crippen LogP contribution in [0.4, 0.5) is 4.79 Å². The Morgan fingerprint density at radius 3 is 2.53 bits per heavy atom. The second-order valence-electron chi connectivity index (χ2n) is 4.49. The highest BCUT2D eigenvalue weighted by Crippen LogP contribution is 2.09. The van der Waals surface area contributed by atoms with Crippen LogP contribution in [-0.2, 0) is 4.79 Å². The minimum atomic E-state index is -0.314. The Balaban J connectivity index is 1.82. The molecule has 1 unspecified atom stereocenters. The maximum Gasteiger partial charge on any atom is 0.324 e. The monoisotopic (exact) mass is 240 g/mol. The van der Waals surface area contributed by atoms with Gasteiger partial charge in [-0.25, -0.2) is 4.79 Å². The van der Waals surface area contributed by atoms with Gasteiger partial charge in [-0.2, -0.15) is 0 Å². The fourth-order valence-electron chi connectivity index (χ4n) is 2.24. The van der Waals surface area contributed by atoms with Crippen molar-refractivity contribution >= 4 is 11.9 Å². The number of carbonyl (C=O) groups is 2. The predicted octanol–water partition coefficient (Wildman–Crippen LogP) is -0.778. The van der Waals surface area contributed by atoms with Gasteiger partial charge < -0.3 is 10.6 Å². The van der Waals surface area contributed by atoms with Crippen molar-refractivity contribution in [2.45, 2.75) is 19.4 Å². The van der Waals surface area contributed by atoms with Gasteiger partial charge in [-0.1, -0.05) is 6.92 Å². The van der Waals surface area contributed by atoms with Crippen molar-refractivity contribution in [1.82, 2.24) is 20.4 Å². The molecule has 2 saturated heterocycles. The lowest BCUT2D eigenvalue weighted by Gasteiger charge is -2.28. The van der Waals surface area contributed by atoms with E-state index in [-0.39, 0.29) is 18.0 Å². The second-order valence-corrected chi connectivity index (χ2v) is 4.49. The lowest BCUT2D eigenvalue weighted by molar-refractivity contribution is -0.127. The highest BCUT2D eigenvalue weighted by molar-refractivity contribution is 6.04. The molecule has 0 aromatic carbocycles. The molecule has 6 nitrogen and oxygen atoms in total. The lowest BCUT2D eigenvalue weighted by Crippen LogP contribution is -2.47. The van der Waals surface area contributed by atoms with Crippen LogP contribution in [-0.4, -0.2) is 67.0 Å². The smallest absolute Gasteiger partial charge is 0.324 e. The molecule has 0 bridgehead atoms. The predicted molar refractivity (Wildman–Crippen MR) is 63.6 cm³/mol. The molecule has 0 aromatic rings. The number of carbonyl (C=O) groups excluding carboxylic acids is 2. The number of nitrogens with one attached hydrogen (secondary N) is 2. The normalized spacial score (nSPS) is 26.4. The number of amides is 3. The highest BCUT2D eigenvalue weighted by Gasteiger charge is 2.36. The summed E-state index contributed by atoms with van der Waals surface area (Å²) >= 11 is 0. The fourth-order valence-corrected chi connectivity index (χ4v) is 2.24. The zero-order valence-electron chi connectivity index (χ0n) is 10.2. The van der Waals surface area contributed by atoms with Gasteiger partial charge >= 0.3 is 6.03 Å². The molecule has 0 spiro atoms. The van der Waals surface area contributed by atoms with Crippen LogP contribution >= 0.6 is 0 Å². The molecule has 1 atom stereocenters. The van der Waals surface area contributed by atoms with E-state index in [9.17, 15) is 9.59 Å². The summed E-state index contributed by atoms with van der Waals surface area (Å²) in [6.07, 6.45) is 0.661. The summed E-state index contributed by atoms with van der Waals surface area (Å²) in [5.41, 5.74) is 0. The molecule has 2 aliphatic rings. The van der Waals surface area contributed by atoms with Crippen LogP contribution in [0, 0.1) is 0 Å². The van der Waals surface area contributed by atoms with E-state index in [4.69, 9.17) is 0 Å². The minimum Gasteiger partial charge on any atom is -0.326 e. The first-order valence-corrected chi connectivity index (χ1v) is 6.27. The van der Waals surface area contributed by atoms with Crippen LogP contribution in [0.1, 0.15) is 13.3 Å². The summed E-state index contributed by atoms with van der Waals surface area (Å²) in [7, 11) is 0. The van der Waals surface area contributed by atoms with Crippen molar-refractivity contribution in [3.63, 3.8) is 0 Å². The number of hydrogen-bond acceptors (Lipinski definition) is 4. The van der Waals surface area contributed by atoms with E-state index in [1.165, 1.54) is 4.90 Å². The number of imide groups is 1. The Bertz CT molecular complexity index is 302. The van der Waals surface area contributed by atoms with Gasteiger partial charge in [-0.15, -0.1) is 0 Å². The topological polar surface area (TPSA) is 64.7 Å². The molecule has 0 aromatic heterocycles. The van der Waals surface area contributed by atoms with Crippen LogP contribution in [0.25, 0.3) is 0 Å². The van der Waals surface area contributed by atoms with Crippen molar-refractivity contribution < 1.29 is 9.59 Å². The maximum atomic E-state index is 11.8. The average Bonchev–Trinajstić information content (AvgIpc) is 2.63. The Labute approximate surface area is 101 Å². The fraction of sp³-hybridized carbons (Fsp3) is 0.818. The van der Waals surface area contributed by atoms with Crippen LogP contribution in [0.15, 0.2) is 0 Å². The summed E-state index contributed by atoms with van der Waals surface area (Å²) in [6.45, 7) is 7.12. The van der Waals surface area contributed by atoms with Gasteiger partial charge in [0.15, 0.2) is 0 Å². The molecule has 2 fully saturated rings. The van der Waals surface area contributed by atoms with Gasteiger partial charge in [0.1, 0.15) is 6.04 Å². The third-order valence-electron chi connectivity index (χ3n) is 3.36. The second kappa shape index (κ2) is 5.46. The molecule has 0 saturated carbocycles. The van der Waals surface area contributed by atoms with Crippen molar-refractivity contribution in [3.8, 4) is 0 Å². The van der Waals surface area contributed by atoms with Crippen LogP contribution in [0.3, 0.4) is 0 Å². The van der Waals surface area contributed by atoms with E-state index >= 15 is 0 Å². The van der Waals surface area contributed by atoms with Crippen LogP contribution in [0.2, 0.25) is 0 Å². The van der Waals surface area contributed by atoms with Gasteiger partial charge in [-0.3, -0.25) is 14.6 Å². The van der Waals surface area contributed by atoms with Crippen molar-refractivity contribution in [2.75, 3.05) is 39.3 Å². The Hall–Kier alpha value is -1.14. The first kappa shape index (κ1) is 12.3. The number of piperazine rings is 1. The van der Waals surface area contributed by atoms with Gasteiger partial charge in [0, 0.05) is 39.3 Å². The van der Waals surface area contributed by atoms with E-state index in [1.54, 1.807) is 0 Å². The van der Waals surface area contributed by atoms with Gasteiger partial charge in [0.05, 0.1) is 0 Å². The van der Waals surface area contributed by atoms with Crippen molar-refractivity contribution in [2.24, 2.45) is 0 Å². The highest BCUT2D eigenvalue weighted by atomic mass is 16.2. The van der Waals surface area contributed by atoms with E-state index < -0.39 is 0 Å². The number of hydrogen-bond donors (Lipinski definition) is 2. The molecule has 0 radical (unpaired) electrons. The van der Waals surface area contributed by atoms with Gasteiger partial charge in [0.2, 0.25) is 0 Å². The number of rotatable bonds is 4. The van der Waals surface area contributed by atoms with Crippen LogP contribution < -0.4 is 10.6 Å². The zero-order chi connectivity index (χ0) is 12.3. The minimum absolute atomic E-state index is 0.0763. The van der Waals surface area contributed by atoms with Gasteiger partial charge in [-0.05, 0) is 6.42 Å². The summed E-state index contributed by atoms with van der Waals surface area (Å²) in [4.78, 5) is 27.0. The Morgan fingerprint density at radius 1 is 1.24 bits per heavy atom. The first-order chi connectivity index (χ1) is 8.22. The summed E-state index contributed by atoms with van der Waals surface area (Å²) in [5.74, 6) is -0.0763. The summed E-state index contributed by atoms with van der Waals surface area (Å²) < 4.78 is 0. The molecular formula is C11H20N4O2. The van der Waals surface area contributed by atoms with Crippen molar-refractivity contribution in [1.29, 1.82) is 0 Å². The third-order valence-corrected chi connectivity index (χ3v) is 3.36. The Morgan fingerprint density at radius 2 is 1.94 bits per heavy atom. The molecule has 3 amide bonds. The number of urea groups is 1. The summed E-state index contributed by atoms with van der Waals surface area (Å²) in [5, 5.41) is 5.97. The molecule has 96 valence electrons. The molecule has 2 heterocycles. The quantitative estimate of drug-likeness (QED) is 0.633. The molecule has 2 aliphatic heterocycles. The third kappa shape index (κ3) is 2.76.